The van der Waals surface area contributed by atoms with E-state index in [1.54, 1.807) is 29.5 Å². The zero-order chi connectivity index (χ0) is 19.6. The summed E-state index contributed by atoms with van der Waals surface area (Å²) in [7, 11) is -3.54. The third kappa shape index (κ3) is 4.05. The van der Waals surface area contributed by atoms with Gasteiger partial charge >= 0.3 is 0 Å². The lowest BCUT2D eigenvalue weighted by Crippen LogP contribution is -2.44. The normalized spacial score (nSPS) is 22.8. The van der Waals surface area contributed by atoms with Crippen LogP contribution in [0.5, 0.6) is 0 Å². The minimum atomic E-state index is -3.54. The Hall–Kier alpha value is -2.39. The summed E-state index contributed by atoms with van der Waals surface area (Å²) in [5, 5.41) is 2.95. The second-order valence-corrected chi connectivity index (χ2v) is 8.91. The van der Waals surface area contributed by atoms with Crippen LogP contribution in [-0.2, 0) is 14.8 Å². The van der Waals surface area contributed by atoms with Crippen LogP contribution in [-0.4, -0.2) is 61.9 Å². The van der Waals surface area contributed by atoms with Crippen molar-refractivity contribution < 1.29 is 17.6 Å². The first-order valence-electron chi connectivity index (χ1n) is 9.57. The number of sulfonamides is 1. The van der Waals surface area contributed by atoms with E-state index >= 15 is 0 Å². The van der Waals surface area contributed by atoms with E-state index in [0.29, 0.717) is 13.1 Å². The highest BCUT2D eigenvalue weighted by Crippen LogP contribution is 2.25. The number of carbonyl (C=O) groups excluding carboxylic acids is 1. The van der Waals surface area contributed by atoms with Crippen LogP contribution in [0, 0.1) is 0 Å². The van der Waals surface area contributed by atoms with Gasteiger partial charge in [0.25, 0.3) is 15.9 Å². The highest BCUT2D eigenvalue weighted by Gasteiger charge is 2.31. The smallest absolute Gasteiger partial charge is 0.256 e. The molecule has 1 saturated heterocycles. The fraction of sp³-hybridized carbons (Fsp3) is 0.474. The van der Waals surface area contributed by atoms with E-state index in [0.717, 1.165) is 31.7 Å². The first kappa shape index (κ1) is 18.9. The molecule has 28 heavy (non-hydrogen) atoms. The summed E-state index contributed by atoms with van der Waals surface area (Å²) >= 11 is 0. The van der Waals surface area contributed by atoms with Crippen molar-refractivity contribution in [2.45, 2.75) is 25.3 Å². The van der Waals surface area contributed by atoms with E-state index in [-0.39, 0.29) is 29.1 Å². The van der Waals surface area contributed by atoms with Gasteiger partial charge in [-0.3, -0.25) is 9.69 Å². The lowest BCUT2D eigenvalue weighted by Gasteiger charge is -2.34. The van der Waals surface area contributed by atoms with Crippen molar-refractivity contribution in [3.8, 4) is 0 Å². The topological polar surface area (TPSA) is 95.2 Å². The van der Waals surface area contributed by atoms with Crippen LogP contribution >= 0.6 is 0 Å². The standard InChI is InChI=1S/C19H24N4O4S/c24-19(15-6-4-10-23-11-13-28(25,26)21-18(15)23)20-14-16(17-7-5-12-27-17)22-8-2-1-3-9-22/h4-7,10,12,16H,1-3,8-9,11,13-14H2,(H,20,24). The van der Waals surface area contributed by atoms with Crippen molar-refractivity contribution in [2.24, 2.45) is 4.40 Å². The molecule has 9 heteroatoms. The fourth-order valence-electron chi connectivity index (χ4n) is 3.80. The number of hydrogen-bond donors (Lipinski definition) is 1. The van der Waals surface area contributed by atoms with Crippen LogP contribution in [0.3, 0.4) is 0 Å². The number of furan rings is 1. The van der Waals surface area contributed by atoms with Gasteiger partial charge in [0, 0.05) is 19.3 Å². The molecule has 0 saturated carbocycles. The third-order valence-corrected chi connectivity index (χ3v) is 6.41. The zero-order valence-electron chi connectivity index (χ0n) is 15.6. The summed E-state index contributed by atoms with van der Waals surface area (Å²) in [6.07, 6.45) is 10.2. The van der Waals surface area contributed by atoms with Crippen LogP contribution in [0.25, 0.3) is 0 Å². The molecule has 0 spiro atoms. The molecule has 1 amide bonds. The molecule has 1 aromatic rings. The number of hydrogen-bond acceptors (Lipinski definition) is 6. The van der Waals surface area contributed by atoms with Crippen molar-refractivity contribution >= 4 is 21.8 Å². The number of rotatable bonds is 5. The molecule has 4 heterocycles. The first-order valence-corrected chi connectivity index (χ1v) is 11.2. The monoisotopic (exact) mass is 404 g/mol. The van der Waals surface area contributed by atoms with Crippen LogP contribution in [0.1, 0.15) is 31.1 Å². The van der Waals surface area contributed by atoms with Gasteiger partial charge in [-0.1, -0.05) is 6.42 Å². The predicted octanol–water partition coefficient (Wildman–Crippen LogP) is 1.42. The molecule has 1 aromatic heterocycles. The van der Waals surface area contributed by atoms with Crippen LogP contribution in [0.4, 0.5) is 0 Å². The molecule has 0 radical (unpaired) electrons. The van der Waals surface area contributed by atoms with Gasteiger partial charge in [-0.2, -0.15) is 0 Å². The number of amides is 1. The molecule has 4 rings (SSSR count). The molecular weight excluding hydrogens is 380 g/mol. The minimum Gasteiger partial charge on any atom is -0.468 e. The van der Waals surface area contributed by atoms with Crippen LogP contribution < -0.4 is 5.32 Å². The van der Waals surface area contributed by atoms with E-state index in [2.05, 4.69) is 14.6 Å². The largest absolute Gasteiger partial charge is 0.468 e. The Kier molecular flexibility index (Phi) is 5.36. The van der Waals surface area contributed by atoms with Crippen molar-refractivity contribution in [3.05, 3.63) is 48.1 Å². The molecule has 1 atom stereocenters. The van der Waals surface area contributed by atoms with Gasteiger partial charge in [0.1, 0.15) is 5.76 Å². The maximum Gasteiger partial charge on any atom is 0.256 e. The van der Waals surface area contributed by atoms with E-state index in [4.69, 9.17) is 4.42 Å². The lowest BCUT2D eigenvalue weighted by atomic mass is 10.1. The van der Waals surface area contributed by atoms with Gasteiger partial charge in [0.2, 0.25) is 0 Å². The Morgan fingerprint density at radius 3 is 2.82 bits per heavy atom. The number of likely N-dealkylation sites (tertiary alicyclic amines) is 1. The van der Waals surface area contributed by atoms with E-state index < -0.39 is 10.0 Å². The molecule has 1 unspecified atom stereocenters. The van der Waals surface area contributed by atoms with Gasteiger partial charge in [-0.05, 0) is 50.2 Å². The Morgan fingerprint density at radius 2 is 2.07 bits per heavy atom. The number of fused-ring (bicyclic) bond motifs is 1. The van der Waals surface area contributed by atoms with E-state index in [1.807, 2.05) is 12.1 Å². The second-order valence-electron chi connectivity index (χ2n) is 7.15. The zero-order valence-corrected chi connectivity index (χ0v) is 16.4. The summed E-state index contributed by atoms with van der Waals surface area (Å²) in [6.45, 7) is 2.61. The van der Waals surface area contributed by atoms with Gasteiger partial charge < -0.3 is 14.6 Å². The molecule has 3 aliphatic heterocycles. The Balaban J connectivity index is 1.50. The Bertz CT molecular complexity index is 912. The molecule has 150 valence electrons. The van der Waals surface area contributed by atoms with Crippen molar-refractivity contribution in [2.75, 3.05) is 31.9 Å². The fourth-order valence-corrected chi connectivity index (χ4v) is 4.78. The predicted molar refractivity (Wildman–Crippen MR) is 105 cm³/mol. The quantitative estimate of drug-likeness (QED) is 0.798. The van der Waals surface area contributed by atoms with Crippen molar-refractivity contribution in [1.82, 2.24) is 15.1 Å². The van der Waals surface area contributed by atoms with Crippen LogP contribution in [0.15, 0.2) is 51.1 Å². The second kappa shape index (κ2) is 7.92. The van der Waals surface area contributed by atoms with Crippen LogP contribution in [0.2, 0.25) is 0 Å². The van der Waals surface area contributed by atoms with Crippen molar-refractivity contribution in [1.29, 1.82) is 0 Å². The van der Waals surface area contributed by atoms with Gasteiger partial charge in [-0.15, -0.1) is 4.40 Å². The molecule has 1 N–H and O–H groups in total. The maximum atomic E-state index is 12.9. The first-order chi connectivity index (χ1) is 13.5. The SMILES string of the molecule is O=C(NCC(c1ccco1)N1CCCCC1)C1=CC=CN2CCS(=O)(=O)N=C12. The summed E-state index contributed by atoms with van der Waals surface area (Å²) in [4.78, 5) is 16.9. The summed E-state index contributed by atoms with van der Waals surface area (Å²) < 4.78 is 33.2. The maximum absolute atomic E-state index is 12.9. The van der Waals surface area contributed by atoms with E-state index in [9.17, 15) is 13.2 Å². The molecular formula is C19H24N4O4S. The van der Waals surface area contributed by atoms with E-state index in [1.165, 1.54) is 6.42 Å². The average Bonchev–Trinajstić information content (AvgIpc) is 3.22. The van der Waals surface area contributed by atoms with Crippen molar-refractivity contribution in [3.63, 3.8) is 0 Å². The average molecular weight is 404 g/mol. The Labute approximate surface area is 164 Å². The van der Waals surface area contributed by atoms with Gasteiger partial charge in [0.05, 0.1) is 23.6 Å². The molecule has 3 aliphatic rings. The number of nitrogens with one attached hydrogen (secondary N) is 1. The van der Waals surface area contributed by atoms with Gasteiger partial charge in [-0.25, -0.2) is 8.42 Å². The molecule has 0 aromatic carbocycles. The number of carbonyl (C=O) groups is 1. The number of amidine groups is 1. The Morgan fingerprint density at radius 1 is 1.25 bits per heavy atom. The number of nitrogens with zero attached hydrogens (tertiary/aromatic N) is 3. The highest BCUT2D eigenvalue weighted by atomic mass is 32.2. The number of allylic oxidation sites excluding steroid dienone is 2. The minimum absolute atomic E-state index is 0.0490. The summed E-state index contributed by atoms with van der Waals surface area (Å²) in [5.41, 5.74) is 0.266. The number of piperidine rings is 1. The molecule has 0 aliphatic carbocycles. The molecule has 0 bridgehead atoms. The third-order valence-electron chi connectivity index (χ3n) is 5.26. The van der Waals surface area contributed by atoms with Gasteiger partial charge in [0.15, 0.2) is 5.84 Å². The summed E-state index contributed by atoms with van der Waals surface area (Å²) in [5.74, 6) is 0.627. The highest BCUT2D eigenvalue weighted by molar-refractivity contribution is 7.90. The molecule has 8 nitrogen and oxygen atoms in total. The lowest BCUT2D eigenvalue weighted by molar-refractivity contribution is -0.117. The summed E-state index contributed by atoms with van der Waals surface area (Å²) in [6, 6.07) is 3.72. The molecule has 1 fully saturated rings.